The molecule has 0 saturated heterocycles. The Balaban J connectivity index is 2.40. The summed E-state index contributed by atoms with van der Waals surface area (Å²) < 4.78 is 12.7. The van der Waals surface area contributed by atoms with Crippen LogP contribution in [0.4, 0.5) is 4.39 Å². The first-order valence-corrected chi connectivity index (χ1v) is 7.05. The van der Waals surface area contributed by atoms with Crippen molar-refractivity contribution < 1.29 is 14.3 Å². The number of carbonyl (C=O) groups excluding carboxylic acids is 1. The summed E-state index contributed by atoms with van der Waals surface area (Å²) in [7, 11) is 0. The Morgan fingerprint density at radius 3 is 2.61 bits per heavy atom. The third-order valence-electron chi connectivity index (χ3n) is 2.40. The molecule has 0 bridgehead atoms. The first kappa shape index (κ1) is 15.0. The maximum atomic E-state index is 12.7. The molecule has 0 heterocycles. The minimum absolute atomic E-state index is 0.178. The van der Waals surface area contributed by atoms with E-state index >= 15 is 0 Å². The maximum Gasteiger partial charge on any atom is 0.224 e. The molecule has 0 radical (unpaired) electrons. The van der Waals surface area contributed by atoms with Crippen LogP contribution < -0.4 is 5.32 Å². The highest BCUT2D eigenvalue weighted by Crippen LogP contribution is 2.09. The highest BCUT2D eigenvalue weighted by atomic mass is 32.2. The van der Waals surface area contributed by atoms with Gasteiger partial charge in [-0.25, -0.2) is 4.39 Å². The van der Waals surface area contributed by atoms with Gasteiger partial charge < -0.3 is 10.4 Å². The van der Waals surface area contributed by atoms with E-state index in [2.05, 4.69) is 5.32 Å². The van der Waals surface area contributed by atoms with E-state index in [1.54, 1.807) is 19.1 Å². The molecule has 100 valence electrons. The lowest BCUT2D eigenvalue weighted by Crippen LogP contribution is -2.42. The van der Waals surface area contributed by atoms with Crippen molar-refractivity contribution in [2.45, 2.75) is 18.9 Å². The van der Waals surface area contributed by atoms with Gasteiger partial charge in [0, 0.05) is 12.3 Å². The van der Waals surface area contributed by atoms with Gasteiger partial charge in [-0.2, -0.15) is 11.8 Å². The van der Waals surface area contributed by atoms with Crippen molar-refractivity contribution in [2.24, 2.45) is 0 Å². The van der Waals surface area contributed by atoms with Crippen LogP contribution in [-0.4, -0.2) is 35.2 Å². The van der Waals surface area contributed by atoms with Crippen LogP contribution in [0.1, 0.15) is 12.5 Å². The molecule has 1 amide bonds. The van der Waals surface area contributed by atoms with Crippen LogP contribution in [-0.2, 0) is 11.2 Å². The zero-order valence-corrected chi connectivity index (χ0v) is 11.4. The molecule has 5 heteroatoms. The van der Waals surface area contributed by atoms with Crippen molar-refractivity contribution >= 4 is 17.7 Å². The summed E-state index contributed by atoms with van der Waals surface area (Å²) >= 11 is 1.52. The second kappa shape index (κ2) is 6.75. The van der Waals surface area contributed by atoms with E-state index < -0.39 is 5.60 Å². The Morgan fingerprint density at radius 1 is 1.44 bits per heavy atom. The molecule has 3 nitrogen and oxygen atoms in total. The van der Waals surface area contributed by atoms with E-state index in [4.69, 9.17) is 0 Å². The maximum absolute atomic E-state index is 12.7. The molecule has 0 spiro atoms. The molecule has 0 aromatic heterocycles. The van der Waals surface area contributed by atoms with E-state index in [1.807, 2.05) is 6.26 Å². The van der Waals surface area contributed by atoms with Gasteiger partial charge in [0.1, 0.15) is 5.82 Å². The van der Waals surface area contributed by atoms with E-state index in [0.717, 1.165) is 5.56 Å². The number of thioether (sulfide) groups is 1. The summed E-state index contributed by atoms with van der Waals surface area (Å²) in [6.07, 6.45) is 2.09. The first-order chi connectivity index (χ1) is 8.43. The van der Waals surface area contributed by atoms with Crippen molar-refractivity contribution in [3.8, 4) is 0 Å². The van der Waals surface area contributed by atoms with Gasteiger partial charge in [-0.15, -0.1) is 0 Å². The van der Waals surface area contributed by atoms with Gasteiger partial charge in [-0.1, -0.05) is 12.1 Å². The lowest BCUT2D eigenvalue weighted by Gasteiger charge is -2.22. The summed E-state index contributed by atoms with van der Waals surface area (Å²) in [5, 5.41) is 12.6. The fourth-order valence-electron chi connectivity index (χ4n) is 1.50. The lowest BCUT2D eigenvalue weighted by atomic mass is 10.1. The molecule has 0 aliphatic rings. The number of hydrogen-bond donors (Lipinski definition) is 2. The number of rotatable bonds is 6. The van der Waals surface area contributed by atoms with Crippen molar-refractivity contribution in [1.82, 2.24) is 5.32 Å². The summed E-state index contributed by atoms with van der Waals surface area (Å²) in [5.41, 5.74) is -0.156. The Bertz CT molecular complexity index is 392. The SMILES string of the molecule is CSC[C@@](C)(O)CNC(=O)Cc1ccc(F)cc1. The van der Waals surface area contributed by atoms with Crippen molar-refractivity contribution in [3.63, 3.8) is 0 Å². The van der Waals surface area contributed by atoms with Gasteiger partial charge >= 0.3 is 0 Å². The Morgan fingerprint density at radius 2 is 2.06 bits per heavy atom. The minimum Gasteiger partial charge on any atom is -0.387 e. The Hall–Kier alpha value is -1.07. The molecule has 0 unspecified atom stereocenters. The molecule has 0 fully saturated rings. The number of aliphatic hydroxyl groups is 1. The molecule has 1 aromatic carbocycles. The standard InChI is InChI=1S/C13H18FNO2S/c1-13(17,9-18-2)8-15-12(16)7-10-3-5-11(14)6-4-10/h3-6,17H,7-9H2,1-2H3,(H,15,16)/t13-/m0/s1. The molecule has 18 heavy (non-hydrogen) atoms. The Kier molecular flexibility index (Phi) is 5.62. The van der Waals surface area contributed by atoms with Crippen molar-refractivity contribution in [1.29, 1.82) is 0 Å². The van der Waals surface area contributed by atoms with Gasteiger partial charge in [-0.05, 0) is 30.9 Å². The normalized spacial score (nSPS) is 14.0. The summed E-state index contributed by atoms with van der Waals surface area (Å²) in [4.78, 5) is 11.6. The molecule has 1 aromatic rings. The number of halogens is 1. The van der Waals surface area contributed by atoms with Crippen LogP contribution in [0.25, 0.3) is 0 Å². The summed E-state index contributed by atoms with van der Waals surface area (Å²) in [6.45, 7) is 1.90. The number of amides is 1. The second-order valence-corrected chi connectivity index (χ2v) is 5.38. The monoisotopic (exact) mass is 271 g/mol. The molecule has 1 rings (SSSR count). The zero-order valence-electron chi connectivity index (χ0n) is 10.6. The largest absolute Gasteiger partial charge is 0.387 e. The molecular formula is C13H18FNO2S. The van der Waals surface area contributed by atoms with Gasteiger partial charge in [-0.3, -0.25) is 4.79 Å². The molecule has 0 saturated carbocycles. The van der Waals surface area contributed by atoms with Crippen LogP contribution in [0.2, 0.25) is 0 Å². The number of carbonyl (C=O) groups is 1. The number of benzene rings is 1. The van der Waals surface area contributed by atoms with E-state index in [9.17, 15) is 14.3 Å². The third-order valence-corrected chi connectivity index (χ3v) is 3.31. The van der Waals surface area contributed by atoms with Crippen LogP contribution in [0.3, 0.4) is 0 Å². The Labute approximate surface area is 111 Å². The van der Waals surface area contributed by atoms with Crippen LogP contribution >= 0.6 is 11.8 Å². The average molecular weight is 271 g/mol. The number of nitrogens with one attached hydrogen (secondary N) is 1. The zero-order chi connectivity index (χ0) is 13.6. The van der Waals surface area contributed by atoms with Crippen LogP contribution in [0.5, 0.6) is 0 Å². The highest BCUT2D eigenvalue weighted by Gasteiger charge is 2.20. The average Bonchev–Trinajstić information content (AvgIpc) is 2.30. The molecule has 1 atom stereocenters. The second-order valence-electron chi connectivity index (χ2n) is 4.51. The fourth-order valence-corrected chi connectivity index (χ4v) is 2.23. The topological polar surface area (TPSA) is 49.3 Å². The predicted octanol–water partition coefficient (Wildman–Crippen LogP) is 1.60. The quantitative estimate of drug-likeness (QED) is 0.826. The first-order valence-electron chi connectivity index (χ1n) is 5.65. The predicted molar refractivity (Wildman–Crippen MR) is 72.1 cm³/mol. The van der Waals surface area contributed by atoms with Gasteiger partial charge in [0.2, 0.25) is 5.91 Å². The molecular weight excluding hydrogens is 253 g/mol. The van der Waals surface area contributed by atoms with E-state index in [1.165, 1.54) is 23.9 Å². The van der Waals surface area contributed by atoms with E-state index in [0.29, 0.717) is 5.75 Å². The smallest absolute Gasteiger partial charge is 0.224 e. The van der Waals surface area contributed by atoms with E-state index in [-0.39, 0.29) is 24.7 Å². The van der Waals surface area contributed by atoms with Crippen molar-refractivity contribution in [3.05, 3.63) is 35.6 Å². The minimum atomic E-state index is -0.905. The summed E-state index contributed by atoms with van der Waals surface area (Å²) in [6, 6.07) is 5.81. The molecule has 2 N–H and O–H groups in total. The van der Waals surface area contributed by atoms with Crippen molar-refractivity contribution in [2.75, 3.05) is 18.6 Å². The summed E-state index contributed by atoms with van der Waals surface area (Å²) in [5.74, 6) is 0.0640. The fraction of sp³-hybridized carbons (Fsp3) is 0.462. The van der Waals surface area contributed by atoms with Crippen LogP contribution in [0.15, 0.2) is 24.3 Å². The molecule has 0 aliphatic heterocycles. The van der Waals surface area contributed by atoms with Gasteiger partial charge in [0.25, 0.3) is 0 Å². The highest BCUT2D eigenvalue weighted by molar-refractivity contribution is 7.98. The number of hydrogen-bond acceptors (Lipinski definition) is 3. The molecule has 0 aliphatic carbocycles. The van der Waals surface area contributed by atoms with Gasteiger partial charge in [0.05, 0.1) is 12.0 Å². The lowest BCUT2D eigenvalue weighted by molar-refractivity contribution is -0.121. The third kappa shape index (κ3) is 5.51. The van der Waals surface area contributed by atoms with Crippen LogP contribution in [0, 0.1) is 5.82 Å². The van der Waals surface area contributed by atoms with Gasteiger partial charge in [0.15, 0.2) is 0 Å².